The van der Waals surface area contributed by atoms with E-state index in [0.29, 0.717) is 12.0 Å². The molecule has 0 spiro atoms. The molecular weight excluding hydrogens is 310 g/mol. The van der Waals surface area contributed by atoms with Crippen molar-refractivity contribution in [3.63, 3.8) is 0 Å². The highest BCUT2D eigenvalue weighted by molar-refractivity contribution is 8.00. The zero-order valence-electron chi connectivity index (χ0n) is 12.9. The number of hydrogen-bond donors (Lipinski definition) is 1. The van der Waals surface area contributed by atoms with Crippen molar-refractivity contribution in [1.82, 2.24) is 25.5 Å². The molecule has 0 saturated heterocycles. The summed E-state index contributed by atoms with van der Waals surface area (Å²) in [6, 6.07) is 11.0. The number of amides is 1. The van der Waals surface area contributed by atoms with Crippen LogP contribution >= 0.6 is 11.8 Å². The molecule has 2 aromatic rings. The molecule has 4 rings (SSSR count). The molecule has 0 bridgehead atoms. The molecule has 23 heavy (non-hydrogen) atoms. The number of hydrogen-bond acceptors (Lipinski definition) is 5. The summed E-state index contributed by atoms with van der Waals surface area (Å²) in [5, 5.41) is 15.5. The molecule has 1 aromatic heterocycles. The van der Waals surface area contributed by atoms with Gasteiger partial charge in [0.1, 0.15) is 0 Å². The van der Waals surface area contributed by atoms with E-state index in [9.17, 15) is 4.79 Å². The van der Waals surface area contributed by atoms with Gasteiger partial charge in [-0.25, -0.2) is 4.68 Å². The normalized spacial score (nSPS) is 24.2. The van der Waals surface area contributed by atoms with Gasteiger partial charge < -0.3 is 5.32 Å². The van der Waals surface area contributed by atoms with Crippen molar-refractivity contribution in [1.29, 1.82) is 0 Å². The Kier molecular flexibility index (Phi) is 3.80. The average Bonchev–Trinajstić information content (AvgIpc) is 3.49. The first-order valence-corrected chi connectivity index (χ1v) is 8.90. The molecule has 1 N–H and O–H groups in total. The summed E-state index contributed by atoms with van der Waals surface area (Å²) in [6.45, 7) is 1.91. The largest absolute Gasteiger partial charge is 0.352 e. The van der Waals surface area contributed by atoms with Gasteiger partial charge >= 0.3 is 0 Å². The van der Waals surface area contributed by atoms with Crippen LogP contribution in [0, 0.1) is 0 Å². The molecule has 7 heteroatoms. The standard InChI is InChI=1S/C16H19N5OS/c1-10(23-16-18-19-20-21(16)12-7-8-12)15(22)17-14-9-13(14)11-5-3-2-4-6-11/h2-6,10,12-14H,7-9H2,1H3,(H,17,22). The van der Waals surface area contributed by atoms with Gasteiger partial charge in [0.05, 0.1) is 11.3 Å². The van der Waals surface area contributed by atoms with E-state index < -0.39 is 0 Å². The zero-order chi connectivity index (χ0) is 15.8. The van der Waals surface area contributed by atoms with Crippen molar-refractivity contribution in [2.24, 2.45) is 0 Å². The number of nitrogens with zero attached hydrogens (tertiary/aromatic N) is 4. The number of tetrazole rings is 1. The van der Waals surface area contributed by atoms with Crippen LogP contribution in [0.2, 0.25) is 0 Å². The van der Waals surface area contributed by atoms with Gasteiger partial charge in [-0.3, -0.25) is 4.79 Å². The van der Waals surface area contributed by atoms with Gasteiger partial charge in [-0.1, -0.05) is 42.1 Å². The average molecular weight is 329 g/mol. The fourth-order valence-corrected chi connectivity index (χ4v) is 3.61. The van der Waals surface area contributed by atoms with Crippen LogP contribution in [0.5, 0.6) is 0 Å². The van der Waals surface area contributed by atoms with Crippen LogP contribution in [0.15, 0.2) is 35.5 Å². The van der Waals surface area contributed by atoms with E-state index in [-0.39, 0.29) is 17.2 Å². The minimum Gasteiger partial charge on any atom is -0.352 e. The molecule has 3 atom stereocenters. The second kappa shape index (κ2) is 5.96. The molecule has 2 aliphatic rings. The molecule has 6 nitrogen and oxygen atoms in total. The Labute approximate surface area is 139 Å². The Bertz CT molecular complexity index is 700. The Morgan fingerprint density at radius 3 is 2.87 bits per heavy atom. The topological polar surface area (TPSA) is 72.7 Å². The Hall–Kier alpha value is -1.89. The fraction of sp³-hybridized carbons (Fsp3) is 0.500. The highest BCUT2D eigenvalue weighted by atomic mass is 32.2. The summed E-state index contributed by atoms with van der Waals surface area (Å²) in [5.41, 5.74) is 1.30. The maximum Gasteiger partial charge on any atom is 0.233 e. The predicted molar refractivity (Wildman–Crippen MR) is 87.1 cm³/mol. The number of aromatic nitrogens is 4. The lowest BCUT2D eigenvalue weighted by molar-refractivity contribution is -0.120. The summed E-state index contributed by atoms with van der Waals surface area (Å²) in [7, 11) is 0. The summed E-state index contributed by atoms with van der Waals surface area (Å²) in [5.74, 6) is 0.512. The first-order chi connectivity index (χ1) is 11.2. The molecule has 120 valence electrons. The molecule has 1 heterocycles. The van der Waals surface area contributed by atoms with Crippen molar-refractivity contribution in [2.45, 2.75) is 54.6 Å². The van der Waals surface area contributed by atoms with Gasteiger partial charge in [0.2, 0.25) is 11.1 Å². The van der Waals surface area contributed by atoms with Gasteiger partial charge in [0.15, 0.2) is 0 Å². The second-order valence-corrected chi connectivity index (χ2v) is 7.57. The lowest BCUT2D eigenvalue weighted by atomic mass is 10.1. The van der Waals surface area contributed by atoms with E-state index in [0.717, 1.165) is 24.4 Å². The van der Waals surface area contributed by atoms with Crippen molar-refractivity contribution in [3.8, 4) is 0 Å². The van der Waals surface area contributed by atoms with Crippen LogP contribution in [0.3, 0.4) is 0 Å². The van der Waals surface area contributed by atoms with Crippen LogP contribution in [-0.4, -0.2) is 37.4 Å². The van der Waals surface area contributed by atoms with Crippen molar-refractivity contribution >= 4 is 17.7 Å². The number of carbonyl (C=O) groups excluding carboxylic acids is 1. The third-order valence-corrected chi connectivity index (χ3v) is 5.40. The molecule has 1 aromatic carbocycles. The molecule has 2 fully saturated rings. The molecule has 2 saturated carbocycles. The van der Waals surface area contributed by atoms with Crippen LogP contribution in [0.1, 0.15) is 43.7 Å². The molecule has 1 amide bonds. The van der Waals surface area contributed by atoms with E-state index in [4.69, 9.17) is 0 Å². The van der Waals surface area contributed by atoms with E-state index in [2.05, 4.69) is 33.0 Å². The number of benzene rings is 1. The maximum absolute atomic E-state index is 12.4. The van der Waals surface area contributed by atoms with Crippen LogP contribution < -0.4 is 5.32 Å². The minimum absolute atomic E-state index is 0.0591. The monoisotopic (exact) mass is 329 g/mol. The number of thioether (sulfide) groups is 1. The zero-order valence-corrected chi connectivity index (χ0v) is 13.7. The Balaban J connectivity index is 1.32. The number of rotatable bonds is 6. The van der Waals surface area contributed by atoms with Crippen LogP contribution in [-0.2, 0) is 4.79 Å². The third-order valence-electron chi connectivity index (χ3n) is 4.35. The lowest BCUT2D eigenvalue weighted by Gasteiger charge is -2.11. The first kappa shape index (κ1) is 14.7. The molecule has 0 aliphatic heterocycles. The quantitative estimate of drug-likeness (QED) is 0.822. The molecule has 0 radical (unpaired) electrons. The van der Waals surface area contributed by atoms with Gasteiger partial charge in [0, 0.05) is 12.0 Å². The lowest BCUT2D eigenvalue weighted by Crippen LogP contribution is -2.33. The van der Waals surface area contributed by atoms with Gasteiger partial charge in [-0.05, 0) is 42.2 Å². The van der Waals surface area contributed by atoms with Gasteiger partial charge in [0.25, 0.3) is 0 Å². The fourth-order valence-electron chi connectivity index (χ4n) is 2.75. The van der Waals surface area contributed by atoms with Crippen LogP contribution in [0.25, 0.3) is 0 Å². The van der Waals surface area contributed by atoms with Crippen molar-refractivity contribution in [2.75, 3.05) is 0 Å². The summed E-state index contributed by atoms with van der Waals surface area (Å²) in [6.07, 6.45) is 3.27. The van der Waals surface area contributed by atoms with Crippen molar-refractivity contribution < 1.29 is 4.79 Å². The second-order valence-electron chi connectivity index (χ2n) is 6.27. The predicted octanol–water partition coefficient (Wildman–Crippen LogP) is 2.16. The smallest absolute Gasteiger partial charge is 0.233 e. The Morgan fingerprint density at radius 1 is 1.35 bits per heavy atom. The first-order valence-electron chi connectivity index (χ1n) is 8.02. The Morgan fingerprint density at radius 2 is 2.13 bits per heavy atom. The van der Waals surface area contributed by atoms with E-state index in [1.54, 1.807) is 0 Å². The summed E-state index contributed by atoms with van der Waals surface area (Å²) < 4.78 is 1.85. The molecule has 2 aliphatic carbocycles. The number of carbonyl (C=O) groups is 1. The van der Waals surface area contributed by atoms with E-state index in [1.165, 1.54) is 17.3 Å². The number of nitrogens with one attached hydrogen (secondary N) is 1. The van der Waals surface area contributed by atoms with E-state index >= 15 is 0 Å². The van der Waals surface area contributed by atoms with Crippen molar-refractivity contribution in [3.05, 3.63) is 35.9 Å². The SMILES string of the molecule is CC(Sc1nnnn1C1CC1)C(=O)NC1CC1c1ccccc1. The maximum atomic E-state index is 12.4. The third kappa shape index (κ3) is 3.24. The van der Waals surface area contributed by atoms with Gasteiger partial charge in [-0.2, -0.15) is 0 Å². The highest BCUT2D eigenvalue weighted by Gasteiger charge is 2.40. The van der Waals surface area contributed by atoms with Crippen LogP contribution in [0.4, 0.5) is 0 Å². The van der Waals surface area contributed by atoms with Gasteiger partial charge in [-0.15, -0.1) is 5.10 Å². The van der Waals surface area contributed by atoms with E-state index in [1.807, 2.05) is 29.8 Å². The highest BCUT2D eigenvalue weighted by Crippen LogP contribution is 2.41. The summed E-state index contributed by atoms with van der Waals surface area (Å²) in [4.78, 5) is 12.4. The molecule has 3 unspecified atom stereocenters. The minimum atomic E-state index is -0.199. The molecular formula is C16H19N5OS. The summed E-state index contributed by atoms with van der Waals surface area (Å²) >= 11 is 1.43.